The van der Waals surface area contributed by atoms with Crippen molar-refractivity contribution in [1.29, 1.82) is 0 Å². The van der Waals surface area contributed by atoms with E-state index in [0.29, 0.717) is 10.6 Å². The van der Waals surface area contributed by atoms with E-state index in [1.165, 1.54) is 15.3 Å². The van der Waals surface area contributed by atoms with Crippen LogP contribution in [0.1, 0.15) is 31.7 Å². The maximum atomic E-state index is 13.1. The van der Waals surface area contributed by atoms with Crippen molar-refractivity contribution in [2.75, 3.05) is 6.54 Å². The van der Waals surface area contributed by atoms with Gasteiger partial charge in [0, 0.05) is 26.9 Å². The molecule has 23 heavy (non-hydrogen) atoms. The number of fused-ring (bicyclic) bond motifs is 1. The number of amides is 1. The molecule has 1 aromatic carbocycles. The van der Waals surface area contributed by atoms with Crippen LogP contribution in [0.15, 0.2) is 53.2 Å². The molecule has 1 aliphatic rings. The Hall–Kier alpha value is -1.62. The lowest BCUT2D eigenvalue weighted by Gasteiger charge is -2.35. The van der Waals surface area contributed by atoms with Gasteiger partial charge in [0.1, 0.15) is 0 Å². The summed E-state index contributed by atoms with van der Waals surface area (Å²) in [6.45, 7) is 0.738. The van der Waals surface area contributed by atoms with Crippen LogP contribution in [0.25, 0.3) is 0 Å². The lowest BCUT2D eigenvalue weighted by atomic mass is 9.97. The predicted molar refractivity (Wildman–Crippen MR) is 96.7 cm³/mol. The lowest BCUT2D eigenvalue weighted by molar-refractivity contribution is 0.0699. The fourth-order valence-electron chi connectivity index (χ4n) is 3.08. The molecule has 1 aliphatic heterocycles. The molecule has 3 heterocycles. The number of nitrogens with zero attached hydrogens (tertiary/aromatic N) is 1. The fraction of sp³-hybridized carbons (Fsp3) is 0.167. The van der Waals surface area contributed by atoms with Gasteiger partial charge in [-0.25, -0.2) is 0 Å². The zero-order chi connectivity index (χ0) is 15.8. The van der Waals surface area contributed by atoms with Gasteiger partial charge in [-0.1, -0.05) is 23.7 Å². The largest absolute Gasteiger partial charge is 0.326 e. The third kappa shape index (κ3) is 2.71. The number of thiophene rings is 2. The maximum Gasteiger partial charge on any atom is 0.254 e. The SMILES string of the molecule is O=C(c1cccc(Cl)c1)N1CCc2sccc2C1c1cccs1. The zero-order valence-corrected chi connectivity index (χ0v) is 14.6. The normalized spacial score (nSPS) is 17.1. The Labute approximate surface area is 148 Å². The summed E-state index contributed by atoms with van der Waals surface area (Å²) in [5, 5.41) is 4.79. The minimum Gasteiger partial charge on any atom is -0.326 e. The average Bonchev–Trinajstić information content (AvgIpc) is 3.24. The van der Waals surface area contributed by atoms with Crippen LogP contribution in [0.3, 0.4) is 0 Å². The lowest BCUT2D eigenvalue weighted by Crippen LogP contribution is -2.39. The first kappa shape index (κ1) is 14.9. The van der Waals surface area contributed by atoms with Crippen LogP contribution in [-0.2, 0) is 6.42 Å². The van der Waals surface area contributed by atoms with Crippen LogP contribution in [0.5, 0.6) is 0 Å². The summed E-state index contributed by atoms with van der Waals surface area (Å²) in [6, 6.07) is 13.5. The highest BCUT2D eigenvalue weighted by molar-refractivity contribution is 7.10. The van der Waals surface area contributed by atoms with Crippen molar-refractivity contribution in [1.82, 2.24) is 4.90 Å². The first-order chi connectivity index (χ1) is 11.2. The molecule has 1 unspecified atom stereocenters. The Kier molecular flexibility index (Phi) is 3.97. The van der Waals surface area contributed by atoms with Crippen molar-refractivity contribution in [3.05, 3.63) is 79.1 Å². The van der Waals surface area contributed by atoms with Gasteiger partial charge in [0.05, 0.1) is 6.04 Å². The summed E-state index contributed by atoms with van der Waals surface area (Å²) < 4.78 is 0. The summed E-state index contributed by atoms with van der Waals surface area (Å²) >= 11 is 9.54. The van der Waals surface area contributed by atoms with Crippen LogP contribution >= 0.6 is 34.3 Å². The summed E-state index contributed by atoms with van der Waals surface area (Å²) in [4.78, 5) is 17.6. The van der Waals surface area contributed by atoms with Crippen LogP contribution in [0.4, 0.5) is 0 Å². The van der Waals surface area contributed by atoms with Gasteiger partial charge in [0.25, 0.3) is 5.91 Å². The molecule has 3 aromatic rings. The number of hydrogen-bond acceptors (Lipinski definition) is 3. The highest BCUT2D eigenvalue weighted by atomic mass is 35.5. The van der Waals surface area contributed by atoms with Crippen molar-refractivity contribution in [3.8, 4) is 0 Å². The number of rotatable bonds is 2. The quantitative estimate of drug-likeness (QED) is 0.611. The van der Waals surface area contributed by atoms with Crippen LogP contribution in [-0.4, -0.2) is 17.4 Å². The van der Waals surface area contributed by atoms with E-state index in [1.54, 1.807) is 34.8 Å². The molecule has 0 N–H and O–H groups in total. The zero-order valence-electron chi connectivity index (χ0n) is 12.2. The topological polar surface area (TPSA) is 20.3 Å². The van der Waals surface area contributed by atoms with Gasteiger partial charge >= 0.3 is 0 Å². The molecule has 2 aromatic heterocycles. The second-order valence-electron chi connectivity index (χ2n) is 5.48. The monoisotopic (exact) mass is 359 g/mol. The highest BCUT2D eigenvalue weighted by Gasteiger charge is 2.33. The average molecular weight is 360 g/mol. The molecule has 4 rings (SSSR count). The third-order valence-electron chi connectivity index (χ3n) is 4.11. The van der Waals surface area contributed by atoms with E-state index in [1.807, 2.05) is 23.1 Å². The standard InChI is InChI=1S/C18H14ClNOS2/c19-13-4-1-3-12(11-13)18(21)20-8-6-15-14(7-10-23-15)17(20)16-5-2-9-22-16/h1-5,7,9-11,17H,6,8H2. The minimum absolute atomic E-state index is 0.0106. The molecule has 1 amide bonds. The molecule has 0 aliphatic carbocycles. The van der Waals surface area contributed by atoms with Gasteiger partial charge in [0.2, 0.25) is 0 Å². The van der Waals surface area contributed by atoms with E-state index in [0.717, 1.165) is 13.0 Å². The van der Waals surface area contributed by atoms with Crippen molar-refractivity contribution in [2.24, 2.45) is 0 Å². The Morgan fingerprint density at radius 2 is 2.04 bits per heavy atom. The number of carbonyl (C=O) groups is 1. The molecular formula is C18H14ClNOS2. The van der Waals surface area contributed by atoms with Crippen molar-refractivity contribution >= 4 is 40.2 Å². The molecule has 1 atom stereocenters. The smallest absolute Gasteiger partial charge is 0.254 e. The number of hydrogen-bond donors (Lipinski definition) is 0. The fourth-order valence-corrected chi connectivity index (χ4v) is 5.02. The Bertz CT molecular complexity index is 840. The van der Waals surface area contributed by atoms with E-state index < -0.39 is 0 Å². The molecule has 0 spiro atoms. The molecule has 0 saturated heterocycles. The molecule has 0 saturated carbocycles. The van der Waals surface area contributed by atoms with E-state index in [-0.39, 0.29) is 11.9 Å². The minimum atomic E-state index is 0.0106. The third-order valence-corrected chi connectivity index (χ3v) is 6.27. The summed E-state index contributed by atoms with van der Waals surface area (Å²) in [5.41, 5.74) is 1.91. The van der Waals surface area contributed by atoms with Crippen LogP contribution in [0, 0.1) is 0 Å². The molecule has 0 fully saturated rings. The van der Waals surface area contributed by atoms with E-state index in [9.17, 15) is 4.79 Å². The maximum absolute atomic E-state index is 13.1. The van der Waals surface area contributed by atoms with E-state index in [2.05, 4.69) is 22.9 Å². The summed E-state index contributed by atoms with van der Waals surface area (Å²) in [5.74, 6) is 0.0442. The van der Waals surface area contributed by atoms with E-state index >= 15 is 0 Å². The predicted octanol–water partition coefficient (Wildman–Crippen LogP) is 5.25. The second-order valence-corrected chi connectivity index (χ2v) is 7.89. The first-order valence-corrected chi connectivity index (χ1v) is 9.54. The number of carbonyl (C=O) groups excluding carboxylic acids is 1. The Balaban J connectivity index is 1.77. The van der Waals surface area contributed by atoms with Gasteiger partial charge in [0.15, 0.2) is 0 Å². The first-order valence-electron chi connectivity index (χ1n) is 7.40. The van der Waals surface area contributed by atoms with Gasteiger partial charge < -0.3 is 4.90 Å². The van der Waals surface area contributed by atoms with Gasteiger partial charge in [-0.05, 0) is 53.1 Å². The van der Waals surface area contributed by atoms with E-state index in [4.69, 9.17) is 11.6 Å². The molecule has 116 valence electrons. The molecule has 5 heteroatoms. The molecule has 0 radical (unpaired) electrons. The van der Waals surface area contributed by atoms with Gasteiger partial charge in [-0.2, -0.15) is 0 Å². The van der Waals surface area contributed by atoms with Crippen molar-refractivity contribution < 1.29 is 4.79 Å². The van der Waals surface area contributed by atoms with Crippen molar-refractivity contribution in [2.45, 2.75) is 12.5 Å². The molecule has 0 bridgehead atoms. The highest BCUT2D eigenvalue weighted by Crippen LogP contribution is 2.40. The number of halogens is 1. The summed E-state index contributed by atoms with van der Waals surface area (Å²) in [6.07, 6.45) is 0.918. The van der Waals surface area contributed by atoms with Crippen molar-refractivity contribution in [3.63, 3.8) is 0 Å². The Morgan fingerprint density at radius 3 is 2.83 bits per heavy atom. The second kappa shape index (κ2) is 6.11. The summed E-state index contributed by atoms with van der Waals surface area (Å²) in [7, 11) is 0. The van der Waals surface area contributed by atoms with Gasteiger partial charge in [-0.15, -0.1) is 22.7 Å². The van der Waals surface area contributed by atoms with Crippen LogP contribution < -0.4 is 0 Å². The number of benzene rings is 1. The van der Waals surface area contributed by atoms with Crippen LogP contribution in [0.2, 0.25) is 5.02 Å². The van der Waals surface area contributed by atoms with Gasteiger partial charge in [-0.3, -0.25) is 4.79 Å². The molecular weight excluding hydrogens is 346 g/mol. The molecule has 2 nitrogen and oxygen atoms in total. The Morgan fingerprint density at radius 1 is 1.13 bits per heavy atom.